The zero-order valence-electron chi connectivity index (χ0n) is 10.6. The number of aliphatic hydroxyl groups is 1. The molecule has 20 heavy (non-hydrogen) atoms. The summed E-state index contributed by atoms with van der Waals surface area (Å²) in [6.45, 7) is 0.200. The Balaban J connectivity index is 2.02. The second-order valence-electron chi connectivity index (χ2n) is 4.89. The summed E-state index contributed by atoms with van der Waals surface area (Å²) in [6, 6.07) is 8.90. The average Bonchev–Trinajstić information content (AvgIpc) is 2.86. The molecule has 1 aliphatic heterocycles. The number of benzene rings is 2. The predicted molar refractivity (Wildman–Crippen MR) is 74.0 cm³/mol. The molecule has 0 unspecified atom stereocenters. The van der Waals surface area contributed by atoms with Gasteiger partial charge in [0.25, 0.3) is 0 Å². The summed E-state index contributed by atoms with van der Waals surface area (Å²) in [4.78, 5) is 0. The van der Waals surface area contributed by atoms with Crippen molar-refractivity contribution in [2.24, 2.45) is 0 Å². The van der Waals surface area contributed by atoms with Crippen molar-refractivity contribution < 1.29 is 19.7 Å². The van der Waals surface area contributed by atoms with Gasteiger partial charge < -0.3 is 19.7 Å². The van der Waals surface area contributed by atoms with Crippen molar-refractivity contribution in [1.29, 1.82) is 0 Å². The molecule has 100 valence electrons. The van der Waals surface area contributed by atoms with Gasteiger partial charge in [0.2, 0.25) is 6.79 Å². The average molecular weight is 268 g/mol. The highest BCUT2D eigenvalue weighted by atomic mass is 16.7. The van der Waals surface area contributed by atoms with Crippen LogP contribution in [0.5, 0.6) is 17.2 Å². The summed E-state index contributed by atoms with van der Waals surface area (Å²) >= 11 is 0. The van der Waals surface area contributed by atoms with Crippen LogP contribution in [0.4, 0.5) is 0 Å². The Kier molecular flexibility index (Phi) is 2.21. The normalized spacial score (nSPS) is 15.1. The molecule has 0 bridgehead atoms. The second-order valence-corrected chi connectivity index (χ2v) is 4.89. The number of phenols is 1. The number of phenolic OH excluding ortho intramolecular Hbond substituents is 1. The number of rotatable bonds is 0. The molecule has 1 aliphatic carbocycles. The number of ether oxygens (including phenoxy) is 2. The Bertz CT molecular complexity index is 746. The van der Waals surface area contributed by atoms with Crippen LogP contribution in [-0.2, 0) is 6.42 Å². The molecular weight excluding hydrogens is 256 g/mol. The SMILES string of the molecule is OC1=CCc2cc(O)ccc2-c2cc3c(cc21)OCO3. The summed E-state index contributed by atoms with van der Waals surface area (Å²) in [5.41, 5.74) is 3.56. The van der Waals surface area contributed by atoms with Gasteiger partial charge in [-0.2, -0.15) is 0 Å². The van der Waals surface area contributed by atoms with Crippen LogP contribution in [0.1, 0.15) is 11.1 Å². The second kappa shape index (κ2) is 3.93. The van der Waals surface area contributed by atoms with Crippen molar-refractivity contribution in [2.45, 2.75) is 6.42 Å². The lowest BCUT2D eigenvalue weighted by Crippen LogP contribution is -1.93. The first kappa shape index (κ1) is 11.2. The molecule has 0 saturated carbocycles. The summed E-state index contributed by atoms with van der Waals surface area (Å²) in [5.74, 6) is 1.76. The van der Waals surface area contributed by atoms with Gasteiger partial charge in [0.1, 0.15) is 11.5 Å². The number of hydrogen-bond donors (Lipinski definition) is 2. The minimum atomic E-state index is 0.200. The largest absolute Gasteiger partial charge is 0.508 e. The zero-order valence-corrected chi connectivity index (χ0v) is 10.6. The lowest BCUT2D eigenvalue weighted by Gasteiger charge is -2.11. The summed E-state index contributed by atoms with van der Waals surface area (Å²) in [7, 11) is 0. The molecule has 0 radical (unpaired) electrons. The predicted octanol–water partition coefficient (Wildman–Crippen LogP) is 3.24. The fraction of sp³-hybridized carbons (Fsp3) is 0.125. The number of hydrogen-bond acceptors (Lipinski definition) is 4. The van der Waals surface area contributed by atoms with Crippen molar-refractivity contribution >= 4 is 5.76 Å². The van der Waals surface area contributed by atoms with E-state index in [9.17, 15) is 10.2 Å². The van der Waals surface area contributed by atoms with Crippen LogP contribution in [0.25, 0.3) is 16.9 Å². The van der Waals surface area contributed by atoms with Gasteiger partial charge >= 0.3 is 0 Å². The van der Waals surface area contributed by atoms with Crippen LogP contribution in [0.2, 0.25) is 0 Å². The molecule has 0 fully saturated rings. The highest BCUT2D eigenvalue weighted by Gasteiger charge is 2.22. The van der Waals surface area contributed by atoms with E-state index in [4.69, 9.17) is 9.47 Å². The van der Waals surface area contributed by atoms with E-state index < -0.39 is 0 Å². The molecule has 0 atom stereocenters. The molecule has 1 heterocycles. The number of aromatic hydroxyl groups is 1. The van der Waals surface area contributed by atoms with Gasteiger partial charge in [-0.25, -0.2) is 0 Å². The molecule has 2 N–H and O–H groups in total. The van der Waals surface area contributed by atoms with Gasteiger partial charge in [0.15, 0.2) is 11.5 Å². The van der Waals surface area contributed by atoms with Gasteiger partial charge in [-0.15, -0.1) is 0 Å². The van der Waals surface area contributed by atoms with E-state index in [1.807, 2.05) is 12.1 Å². The van der Waals surface area contributed by atoms with Crippen LogP contribution in [0.15, 0.2) is 36.4 Å². The first-order chi connectivity index (χ1) is 9.72. The molecule has 4 rings (SSSR count). The molecule has 0 spiro atoms. The Labute approximate surface area is 115 Å². The van der Waals surface area contributed by atoms with Gasteiger partial charge in [0, 0.05) is 5.56 Å². The smallest absolute Gasteiger partial charge is 0.231 e. The fourth-order valence-corrected chi connectivity index (χ4v) is 2.71. The van der Waals surface area contributed by atoms with E-state index in [1.54, 1.807) is 24.3 Å². The quantitative estimate of drug-likeness (QED) is 0.770. The van der Waals surface area contributed by atoms with Crippen LogP contribution in [-0.4, -0.2) is 17.0 Å². The molecule has 0 aromatic heterocycles. The Morgan fingerprint density at radius 3 is 2.40 bits per heavy atom. The minimum Gasteiger partial charge on any atom is -0.508 e. The van der Waals surface area contributed by atoms with E-state index in [0.717, 1.165) is 22.3 Å². The summed E-state index contributed by atoms with van der Waals surface area (Å²) in [6.07, 6.45) is 2.31. The van der Waals surface area contributed by atoms with Crippen molar-refractivity contribution in [1.82, 2.24) is 0 Å². The maximum absolute atomic E-state index is 10.2. The van der Waals surface area contributed by atoms with Gasteiger partial charge in [-0.05, 0) is 53.5 Å². The van der Waals surface area contributed by atoms with Gasteiger partial charge in [-0.1, -0.05) is 6.07 Å². The van der Waals surface area contributed by atoms with E-state index >= 15 is 0 Å². The summed E-state index contributed by atoms with van der Waals surface area (Å²) in [5, 5.41) is 19.8. The third-order valence-electron chi connectivity index (χ3n) is 3.68. The Morgan fingerprint density at radius 2 is 1.60 bits per heavy atom. The number of allylic oxidation sites excluding steroid dienone is 1. The summed E-state index contributed by atoms with van der Waals surface area (Å²) < 4.78 is 10.8. The molecular formula is C16H12O4. The van der Waals surface area contributed by atoms with Crippen molar-refractivity contribution in [3.8, 4) is 28.4 Å². The zero-order chi connectivity index (χ0) is 13.7. The third-order valence-corrected chi connectivity index (χ3v) is 3.68. The van der Waals surface area contributed by atoms with Crippen molar-refractivity contribution in [2.75, 3.05) is 6.79 Å². The van der Waals surface area contributed by atoms with E-state index in [1.165, 1.54) is 0 Å². The van der Waals surface area contributed by atoms with Crippen molar-refractivity contribution in [3.05, 3.63) is 47.5 Å². The molecule has 2 aromatic rings. The van der Waals surface area contributed by atoms with Gasteiger partial charge in [0.05, 0.1) is 0 Å². The molecule has 0 amide bonds. The first-order valence-electron chi connectivity index (χ1n) is 6.38. The van der Waals surface area contributed by atoms with E-state index in [-0.39, 0.29) is 18.3 Å². The molecule has 2 aliphatic rings. The molecule has 2 aromatic carbocycles. The Morgan fingerprint density at radius 1 is 0.850 bits per heavy atom. The maximum Gasteiger partial charge on any atom is 0.231 e. The number of aliphatic hydroxyl groups excluding tert-OH is 1. The lowest BCUT2D eigenvalue weighted by atomic mass is 9.95. The van der Waals surface area contributed by atoms with Gasteiger partial charge in [-0.3, -0.25) is 0 Å². The third kappa shape index (κ3) is 1.54. The van der Waals surface area contributed by atoms with Crippen LogP contribution >= 0.6 is 0 Å². The monoisotopic (exact) mass is 268 g/mol. The maximum atomic E-state index is 10.2. The number of fused-ring (bicyclic) bond motifs is 4. The minimum absolute atomic E-state index is 0.200. The first-order valence-corrected chi connectivity index (χ1v) is 6.38. The van der Waals surface area contributed by atoms with E-state index in [2.05, 4.69) is 0 Å². The van der Waals surface area contributed by atoms with Crippen LogP contribution in [0.3, 0.4) is 0 Å². The molecule has 4 nitrogen and oxygen atoms in total. The Hall–Kier alpha value is -2.62. The highest BCUT2D eigenvalue weighted by Crippen LogP contribution is 2.43. The standard InChI is InChI=1S/C16H12O4/c17-10-2-3-11-9(5-10)1-4-14(18)13-7-16-15(6-12(11)13)19-8-20-16/h2-7,17-18H,1,8H2. The molecule has 0 saturated heterocycles. The van der Waals surface area contributed by atoms with E-state index in [0.29, 0.717) is 17.9 Å². The highest BCUT2D eigenvalue weighted by molar-refractivity contribution is 5.85. The lowest BCUT2D eigenvalue weighted by molar-refractivity contribution is 0.174. The fourth-order valence-electron chi connectivity index (χ4n) is 2.71. The topological polar surface area (TPSA) is 58.9 Å². The van der Waals surface area contributed by atoms with Crippen LogP contribution in [0, 0.1) is 0 Å². The molecule has 4 heteroatoms. The van der Waals surface area contributed by atoms with Crippen molar-refractivity contribution in [3.63, 3.8) is 0 Å². The van der Waals surface area contributed by atoms with Crippen LogP contribution < -0.4 is 9.47 Å².